The summed E-state index contributed by atoms with van der Waals surface area (Å²) >= 11 is 0. The van der Waals surface area contributed by atoms with E-state index in [-0.39, 0.29) is 17.6 Å². The molecule has 0 saturated heterocycles. The molecule has 1 rings (SSSR count). The second kappa shape index (κ2) is 5.82. The maximum Gasteiger partial charge on any atom is 0.165 e. The molecule has 0 bridgehead atoms. The maximum atomic E-state index is 13.7. The van der Waals surface area contributed by atoms with Crippen molar-refractivity contribution < 1.29 is 13.9 Å². The van der Waals surface area contributed by atoms with Crippen molar-refractivity contribution in [3.63, 3.8) is 0 Å². The van der Waals surface area contributed by atoms with Crippen LogP contribution in [0.3, 0.4) is 0 Å². The lowest BCUT2D eigenvalue weighted by Gasteiger charge is -2.13. The van der Waals surface area contributed by atoms with Crippen LogP contribution in [0.5, 0.6) is 5.75 Å². The van der Waals surface area contributed by atoms with Gasteiger partial charge in [0.15, 0.2) is 11.6 Å². The smallest absolute Gasteiger partial charge is 0.165 e. The topological polar surface area (TPSA) is 44.5 Å². The first kappa shape index (κ1) is 12.9. The third-order valence-corrected chi connectivity index (χ3v) is 2.24. The van der Waals surface area contributed by atoms with E-state index in [1.807, 2.05) is 13.0 Å². The molecule has 0 spiro atoms. The van der Waals surface area contributed by atoms with E-state index in [1.165, 1.54) is 13.2 Å². The lowest BCUT2D eigenvalue weighted by atomic mass is 10.0. The number of halogens is 1. The Morgan fingerprint density at radius 3 is 2.56 bits per heavy atom. The summed E-state index contributed by atoms with van der Waals surface area (Å²) in [7, 11) is 3.03. The highest BCUT2D eigenvalue weighted by Gasteiger charge is 2.12. The number of hydrogen-bond donors (Lipinski definition) is 1. The molecule has 90 valence electrons. The van der Waals surface area contributed by atoms with Crippen molar-refractivity contribution in [2.75, 3.05) is 14.2 Å². The zero-order valence-corrected chi connectivity index (χ0v) is 9.92. The minimum atomic E-state index is -0.368. The van der Waals surface area contributed by atoms with E-state index >= 15 is 0 Å². The molecule has 0 aromatic heterocycles. The van der Waals surface area contributed by atoms with Crippen LogP contribution in [-0.2, 0) is 17.8 Å². The number of rotatable bonds is 5. The summed E-state index contributed by atoms with van der Waals surface area (Å²) in [5.41, 5.74) is 7.28. The Balaban J connectivity index is 3.09. The van der Waals surface area contributed by atoms with Gasteiger partial charge in [-0.05, 0) is 36.6 Å². The minimum absolute atomic E-state index is 0.0360. The fourth-order valence-corrected chi connectivity index (χ4v) is 1.69. The van der Waals surface area contributed by atoms with Gasteiger partial charge in [0, 0.05) is 13.2 Å². The van der Waals surface area contributed by atoms with E-state index in [4.69, 9.17) is 15.2 Å². The first-order valence-corrected chi connectivity index (χ1v) is 5.18. The first-order chi connectivity index (χ1) is 7.58. The lowest BCUT2D eigenvalue weighted by Crippen LogP contribution is -2.18. The van der Waals surface area contributed by atoms with Gasteiger partial charge >= 0.3 is 0 Å². The minimum Gasteiger partial charge on any atom is -0.493 e. The van der Waals surface area contributed by atoms with E-state index in [0.29, 0.717) is 13.0 Å². The number of nitrogens with two attached hydrogens (primary N) is 1. The third-order valence-electron chi connectivity index (χ3n) is 2.24. The van der Waals surface area contributed by atoms with Crippen molar-refractivity contribution in [3.8, 4) is 5.75 Å². The third kappa shape index (κ3) is 3.18. The number of hydrogen-bond acceptors (Lipinski definition) is 3. The molecule has 16 heavy (non-hydrogen) atoms. The Morgan fingerprint density at radius 1 is 1.38 bits per heavy atom. The molecular weight excluding hydrogens is 209 g/mol. The number of ether oxygens (including phenoxy) is 2. The standard InChI is InChI=1S/C12H18FNO2/c1-8(14)4-10-5-9(7-15-2)6-11(13)12(10)16-3/h5-6,8H,4,7,14H2,1-3H3. The van der Waals surface area contributed by atoms with Crippen LogP contribution in [0.4, 0.5) is 4.39 Å². The average molecular weight is 227 g/mol. The Bertz CT molecular complexity index is 353. The summed E-state index contributed by atoms with van der Waals surface area (Å²) in [6.07, 6.45) is 0.581. The summed E-state index contributed by atoms with van der Waals surface area (Å²) in [5.74, 6) is -0.0927. The van der Waals surface area contributed by atoms with E-state index in [2.05, 4.69) is 0 Å². The van der Waals surface area contributed by atoms with Gasteiger partial charge in [-0.3, -0.25) is 0 Å². The highest BCUT2D eigenvalue weighted by molar-refractivity contribution is 5.39. The second-order valence-electron chi connectivity index (χ2n) is 3.88. The molecule has 2 N–H and O–H groups in total. The van der Waals surface area contributed by atoms with E-state index < -0.39 is 0 Å². The van der Waals surface area contributed by atoms with Crippen LogP contribution in [0.25, 0.3) is 0 Å². The SMILES string of the molecule is COCc1cc(F)c(OC)c(CC(C)N)c1. The summed E-state index contributed by atoms with van der Waals surface area (Å²) in [4.78, 5) is 0. The average Bonchev–Trinajstić information content (AvgIpc) is 2.16. The zero-order chi connectivity index (χ0) is 12.1. The molecule has 0 heterocycles. The van der Waals surface area contributed by atoms with Gasteiger partial charge in [-0.1, -0.05) is 0 Å². The Hall–Kier alpha value is -1.13. The summed E-state index contributed by atoms with van der Waals surface area (Å²) in [5, 5.41) is 0. The molecule has 3 nitrogen and oxygen atoms in total. The van der Waals surface area contributed by atoms with Gasteiger partial charge in [-0.2, -0.15) is 0 Å². The van der Waals surface area contributed by atoms with Crippen LogP contribution in [0.2, 0.25) is 0 Å². The molecule has 0 radical (unpaired) electrons. The fourth-order valence-electron chi connectivity index (χ4n) is 1.69. The van der Waals surface area contributed by atoms with Gasteiger partial charge in [0.25, 0.3) is 0 Å². The Labute approximate surface area is 95.4 Å². The molecule has 1 aromatic rings. The van der Waals surface area contributed by atoms with E-state index in [9.17, 15) is 4.39 Å². The van der Waals surface area contributed by atoms with Gasteiger partial charge in [0.2, 0.25) is 0 Å². The normalized spacial score (nSPS) is 12.6. The Morgan fingerprint density at radius 2 is 2.06 bits per heavy atom. The largest absolute Gasteiger partial charge is 0.493 e. The van der Waals surface area contributed by atoms with Crippen molar-refractivity contribution in [1.29, 1.82) is 0 Å². The molecule has 0 aliphatic carbocycles. The highest BCUT2D eigenvalue weighted by Crippen LogP contribution is 2.25. The molecule has 1 unspecified atom stereocenters. The monoisotopic (exact) mass is 227 g/mol. The second-order valence-corrected chi connectivity index (χ2v) is 3.88. The van der Waals surface area contributed by atoms with Crippen molar-refractivity contribution in [2.45, 2.75) is 26.0 Å². The molecule has 0 amide bonds. The van der Waals surface area contributed by atoms with Crippen LogP contribution >= 0.6 is 0 Å². The molecule has 0 aliphatic heterocycles. The summed E-state index contributed by atoms with van der Waals surface area (Å²) in [6, 6.07) is 3.26. The van der Waals surface area contributed by atoms with Crippen molar-refractivity contribution in [2.24, 2.45) is 5.73 Å². The zero-order valence-electron chi connectivity index (χ0n) is 9.92. The van der Waals surface area contributed by atoms with Crippen LogP contribution in [0.1, 0.15) is 18.1 Å². The van der Waals surface area contributed by atoms with Gasteiger partial charge < -0.3 is 15.2 Å². The number of benzene rings is 1. The summed E-state index contributed by atoms with van der Waals surface area (Å²) < 4.78 is 23.7. The molecule has 0 fully saturated rings. The van der Waals surface area contributed by atoms with Crippen molar-refractivity contribution in [3.05, 3.63) is 29.1 Å². The molecule has 1 aromatic carbocycles. The first-order valence-electron chi connectivity index (χ1n) is 5.18. The predicted molar refractivity (Wildman–Crippen MR) is 61.0 cm³/mol. The van der Waals surface area contributed by atoms with Gasteiger partial charge in [-0.25, -0.2) is 4.39 Å². The van der Waals surface area contributed by atoms with Crippen LogP contribution in [0.15, 0.2) is 12.1 Å². The summed E-state index contributed by atoms with van der Waals surface area (Å²) in [6.45, 7) is 2.26. The highest BCUT2D eigenvalue weighted by atomic mass is 19.1. The van der Waals surface area contributed by atoms with Crippen molar-refractivity contribution in [1.82, 2.24) is 0 Å². The Kier molecular flexibility index (Phi) is 4.71. The maximum absolute atomic E-state index is 13.7. The van der Waals surface area contributed by atoms with Gasteiger partial charge in [0.05, 0.1) is 13.7 Å². The van der Waals surface area contributed by atoms with Crippen LogP contribution in [0, 0.1) is 5.82 Å². The van der Waals surface area contributed by atoms with E-state index in [1.54, 1.807) is 7.11 Å². The molecule has 1 atom stereocenters. The van der Waals surface area contributed by atoms with Gasteiger partial charge in [-0.15, -0.1) is 0 Å². The van der Waals surface area contributed by atoms with Crippen molar-refractivity contribution >= 4 is 0 Å². The van der Waals surface area contributed by atoms with Crippen LogP contribution in [-0.4, -0.2) is 20.3 Å². The van der Waals surface area contributed by atoms with Gasteiger partial charge in [0.1, 0.15) is 0 Å². The lowest BCUT2D eigenvalue weighted by molar-refractivity contribution is 0.184. The predicted octanol–water partition coefficient (Wildman–Crippen LogP) is 1.87. The quantitative estimate of drug-likeness (QED) is 0.835. The molecular formula is C12H18FNO2. The molecule has 0 saturated carbocycles. The van der Waals surface area contributed by atoms with Crippen LogP contribution < -0.4 is 10.5 Å². The molecule has 4 heteroatoms. The number of methoxy groups -OCH3 is 2. The fraction of sp³-hybridized carbons (Fsp3) is 0.500. The van der Waals surface area contributed by atoms with E-state index in [0.717, 1.165) is 11.1 Å². The molecule has 0 aliphatic rings.